The number of aromatic nitrogens is 1. The molecule has 1 aromatic heterocycles. The smallest absolute Gasteiger partial charge is 0.226 e. The van der Waals surface area contributed by atoms with E-state index in [1.54, 1.807) is 14.2 Å². The Labute approximate surface area is 190 Å². The van der Waals surface area contributed by atoms with Crippen LogP contribution in [0.4, 0.5) is 0 Å². The van der Waals surface area contributed by atoms with Crippen LogP contribution in [0.5, 0.6) is 11.5 Å². The first-order valence-electron chi connectivity index (χ1n) is 11.0. The van der Waals surface area contributed by atoms with Crippen molar-refractivity contribution in [2.45, 2.75) is 13.5 Å². The van der Waals surface area contributed by atoms with E-state index in [0.717, 1.165) is 56.3 Å². The zero-order chi connectivity index (χ0) is 22.3. The Morgan fingerprint density at radius 1 is 0.938 bits per heavy atom. The molecule has 0 spiro atoms. The zero-order valence-corrected chi connectivity index (χ0v) is 19.1. The van der Waals surface area contributed by atoms with Crippen LogP contribution in [0.25, 0.3) is 17.5 Å². The zero-order valence-electron chi connectivity index (χ0n) is 19.1. The molecule has 0 amide bonds. The highest BCUT2D eigenvalue weighted by Crippen LogP contribution is 2.32. The summed E-state index contributed by atoms with van der Waals surface area (Å²) in [5.74, 6) is 2.84. The number of aryl methyl sites for hydroxylation is 1. The fourth-order valence-electron chi connectivity index (χ4n) is 3.91. The minimum absolute atomic E-state index is 0.614. The van der Waals surface area contributed by atoms with E-state index >= 15 is 0 Å². The molecule has 0 atom stereocenters. The quantitative estimate of drug-likeness (QED) is 0.521. The first kappa shape index (κ1) is 22.1. The van der Waals surface area contributed by atoms with Crippen LogP contribution >= 0.6 is 0 Å². The molecule has 1 aliphatic heterocycles. The molecule has 6 nitrogen and oxygen atoms in total. The SMILES string of the molecule is COc1ccc(-c2nc(CN3CCN(C/C=C/c4ccccc4)CC3)c(C)o2)cc1OC. The van der Waals surface area contributed by atoms with Crippen LogP contribution in [-0.2, 0) is 6.54 Å². The summed E-state index contributed by atoms with van der Waals surface area (Å²) in [7, 11) is 3.26. The number of benzene rings is 2. The molecule has 168 valence electrons. The molecule has 1 saturated heterocycles. The molecule has 1 fully saturated rings. The summed E-state index contributed by atoms with van der Waals surface area (Å²) in [4.78, 5) is 9.71. The fourth-order valence-corrected chi connectivity index (χ4v) is 3.91. The van der Waals surface area contributed by atoms with E-state index in [2.05, 4.69) is 46.2 Å². The number of piperazine rings is 1. The number of hydrogen-bond acceptors (Lipinski definition) is 6. The van der Waals surface area contributed by atoms with E-state index in [-0.39, 0.29) is 0 Å². The van der Waals surface area contributed by atoms with Crippen LogP contribution in [0.2, 0.25) is 0 Å². The van der Waals surface area contributed by atoms with Crippen LogP contribution in [-0.4, -0.2) is 61.7 Å². The van der Waals surface area contributed by atoms with Gasteiger partial charge < -0.3 is 13.9 Å². The van der Waals surface area contributed by atoms with Crippen LogP contribution in [0.3, 0.4) is 0 Å². The number of ether oxygens (including phenoxy) is 2. The van der Waals surface area contributed by atoms with Gasteiger partial charge in [0.1, 0.15) is 5.76 Å². The number of hydrogen-bond donors (Lipinski definition) is 0. The van der Waals surface area contributed by atoms with Crippen molar-refractivity contribution in [3.05, 3.63) is 71.6 Å². The second-order valence-corrected chi connectivity index (χ2v) is 7.98. The largest absolute Gasteiger partial charge is 0.493 e. The van der Waals surface area contributed by atoms with Crippen molar-refractivity contribution in [2.75, 3.05) is 46.9 Å². The number of rotatable bonds is 8. The van der Waals surface area contributed by atoms with Crippen molar-refractivity contribution in [1.29, 1.82) is 0 Å². The van der Waals surface area contributed by atoms with E-state index in [9.17, 15) is 0 Å². The maximum atomic E-state index is 5.98. The van der Waals surface area contributed by atoms with Gasteiger partial charge in [0.15, 0.2) is 11.5 Å². The third-order valence-corrected chi connectivity index (χ3v) is 5.83. The minimum Gasteiger partial charge on any atom is -0.493 e. The Hall–Kier alpha value is -3.09. The van der Waals surface area contributed by atoms with Gasteiger partial charge in [-0.2, -0.15) is 0 Å². The van der Waals surface area contributed by atoms with Gasteiger partial charge in [0.25, 0.3) is 0 Å². The molecule has 32 heavy (non-hydrogen) atoms. The molecular weight excluding hydrogens is 402 g/mol. The predicted molar refractivity (Wildman–Crippen MR) is 127 cm³/mol. The van der Waals surface area contributed by atoms with E-state index in [4.69, 9.17) is 18.9 Å². The van der Waals surface area contributed by atoms with Gasteiger partial charge in [-0.1, -0.05) is 42.5 Å². The molecular formula is C26H31N3O3. The first-order valence-corrected chi connectivity index (χ1v) is 11.0. The van der Waals surface area contributed by atoms with Gasteiger partial charge in [-0.25, -0.2) is 4.98 Å². The molecule has 2 heterocycles. The predicted octanol–water partition coefficient (Wildman–Crippen LogP) is 4.50. The summed E-state index contributed by atoms with van der Waals surface area (Å²) in [5.41, 5.74) is 3.12. The molecule has 4 rings (SSSR count). The highest BCUT2D eigenvalue weighted by Gasteiger charge is 2.20. The summed E-state index contributed by atoms with van der Waals surface area (Å²) < 4.78 is 16.7. The van der Waals surface area contributed by atoms with Crippen LogP contribution < -0.4 is 9.47 Å². The summed E-state index contributed by atoms with van der Waals surface area (Å²) in [5, 5.41) is 0. The average Bonchev–Trinajstić information content (AvgIpc) is 3.20. The minimum atomic E-state index is 0.614. The Morgan fingerprint density at radius 3 is 2.38 bits per heavy atom. The highest BCUT2D eigenvalue weighted by molar-refractivity contribution is 5.60. The standard InChI is InChI=1S/C26H31N3O3/c1-20-23(27-26(32-20)22-11-12-24(30-2)25(18-22)31-3)19-29-16-14-28(15-17-29)13-7-10-21-8-5-4-6-9-21/h4-12,18H,13-17,19H2,1-3H3/b10-7+. The molecule has 0 radical (unpaired) electrons. The van der Waals surface area contributed by atoms with Crippen LogP contribution in [0, 0.1) is 6.92 Å². The number of nitrogens with zero attached hydrogens (tertiary/aromatic N) is 3. The molecule has 0 unspecified atom stereocenters. The third-order valence-electron chi connectivity index (χ3n) is 5.83. The summed E-state index contributed by atoms with van der Waals surface area (Å²) in [6.07, 6.45) is 4.45. The summed E-state index contributed by atoms with van der Waals surface area (Å²) >= 11 is 0. The molecule has 0 saturated carbocycles. The van der Waals surface area contributed by atoms with Crippen molar-refractivity contribution >= 4 is 6.08 Å². The lowest BCUT2D eigenvalue weighted by molar-refractivity contribution is 0.135. The monoisotopic (exact) mass is 433 g/mol. The Kier molecular flexibility index (Phi) is 7.24. The second-order valence-electron chi connectivity index (χ2n) is 7.98. The van der Waals surface area contributed by atoms with Crippen molar-refractivity contribution in [3.63, 3.8) is 0 Å². The molecule has 2 aromatic carbocycles. The number of oxazole rings is 1. The fraction of sp³-hybridized carbons (Fsp3) is 0.346. The van der Waals surface area contributed by atoms with E-state index < -0.39 is 0 Å². The maximum Gasteiger partial charge on any atom is 0.226 e. The van der Waals surface area contributed by atoms with Gasteiger partial charge >= 0.3 is 0 Å². The Balaban J connectivity index is 1.32. The van der Waals surface area contributed by atoms with Crippen LogP contribution in [0.15, 0.2) is 59.0 Å². The van der Waals surface area contributed by atoms with Gasteiger partial charge in [0.2, 0.25) is 5.89 Å². The Morgan fingerprint density at radius 2 is 1.66 bits per heavy atom. The molecule has 6 heteroatoms. The van der Waals surface area contributed by atoms with Crippen molar-refractivity contribution in [3.8, 4) is 23.0 Å². The summed E-state index contributed by atoms with van der Waals surface area (Å²) in [6.45, 7) is 7.92. The Bertz CT molecular complexity index is 1040. The lowest BCUT2D eigenvalue weighted by atomic mass is 10.2. The van der Waals surface area contributed by atoms with Gasteiger partial charge in [0.05, 0.1) is 19.9 Å². The van der Waals surface area contributed by atoms with Crippen molar-refractivity contribution < 1.29 is 13.9 Å². The molecule has 3 aromatic rings. The topological polar surface area (TPSA) is 51.0 Å². The normalized spacial score (nSPS) is 15.3. The van der Waals surface area contributed by atoms with Crippen molar-refractivity contribution in [2.24, 2.45) is 0 Å². The van der Waals surface area contributed by atoms with E-state index in [1.807, 2.05) is 31.2 Å². The van der Waals surface area contributed by atoms with Crippen molar-refractivity contribution in [1.82, 2.24) is 14.8 Å². The van der Waals surface area contributed by atoms with E-state index in [1.165, 1.54) is 5.56 Å². The van der Waals surface area contributed by atoms with Gasteiger partial charge in [0, 0.05) is 44.8 Å². The second kappa shape index (κ2) is 10.5. The first-order chi connectivity index (χ1) is 15.7. The maximum absolute atomic E-state index is 5.98. The number of methoxy groups -OCH3 is 2. The molecule has 0 aliphatic carbocycles. The molecule has 0 N–H and O–H groups in total. The third kappa shape index (κ3) is 5.39. The van der Waals surface area contributed by atoms with Gasteiger partial charge in [-0.15, -0.1) is 0 Å². The summed E-state index contributed by atoms with van der Waals surface area (Å²) in [6, 6.07) is 16.2. The lowest BCUT2D eigenvalue weighted by Crippen LogP contribution is -2.45. The highest BCUT2D eigenvalue weighted by atomic mass is 16.5. The molecule has 0 bridgehead atoms. The van der Waals surface area contributed by atoms with Gasteiger partial charge in [-0.05, 0) is 30.7 Å². The average molecular weight is 434 g/mol. The van der Waals surface area contributed by atoms with E-state index in [0.29, 0.717) is 17.4 Å². The van der Waals surface area contributed by atoms with Gasteiger partial charge in [-0.3, -0.25) is 9.80 Å². The van der Waals surface area contributed by atoms with Crippen LogP contribution in [0.1, 0.15) is 17.0 Å². The molecule has 1 aliphatic rings. The lowest BCUT2D eigenvalue weighted by Gasteiger charge is -2.33.